The normalized spacial score (nSPS) is 11.9. The minimum absolute atomic E-state index is 0.0855. The summed E-state index contributed by atoms with van der Waals surface area (Å²) in [4.78, 5) is 23.0. The number of hydrogen-bond acceptors (Lipinski definition) is 4. The van der Waals surface area contributed by atoms with E-state index in [2.05, 4.69) is 5.32 Å². The highest BCUT2D eigenvalue weighted by molar-refractivity contribution is 14.1. The van der Waals surface area contributed by atoms with Gasteiger partial charge in [0.05, 0.1) is 5.56 Å². The number of phenolic OH excluding ortho intramolecular Hbond substituents is 1. The Labute approximate surface area is 128 Å². The van der Waals surface area contributed by atoms with Crippen LogP contribution in [0.4, 0.5) is 0 Å². The van der Waals surface area contributed by atoms with Gasteiger partial charge >= 0.3 is 5.97 Å². The first-order valence-corrected chi connectivity index (χ1v) is 7.94. The SMILES string of the molecule is CSCCC(NC(=O)c1cc(I)ccc1O)C(=O)O. The lowest BCUT2D eigenvalue weighted by molar-refractivity contribution is -0.139. The van der Waals surface area contributed by atoms with Crippen LogP contribution in [-0.2, 0) is 4.79 Å². The van der Waals surface area contributed by atoms with E-state index in [4.69, 9.17) is 5.11 Å². The maximum atomic E-state index is 12.0. The van der Waals surface area contributed by atoms with Crippen molar-refractivity contribution in [2.75, 3.05) is 12.0 Å². The van der Waals surface area contributed by atoms with Crippen molar-refractivity contribution in [1.29, 1.82) is 0 Å². The van der Waals surface area contributed by atoms with E-state index in [1.165, 1.54) is 23.9 Å². The summed E-state index contributed by atoms with van der Waals surface area (Å²) in [5, 5.41) is 21.1. The molecule has 0 fully saturated rings. The number of carboxylic acid groups (broad SMARTS) is 1. The van der Waals surface area contributed by atoms with Crippen molar-refractivity contribution < 1.29 is 19.8 Å². The van der Waals surface area contributed by atoms with Crippen molar-refractivity contribution in [1.82, 2.24) is 5.32 Å². The predicted molar refractivity (Wildman–Crippen MR) is 82.7 cm³/mol. The molecule has 1 rings (SSSR count). The van der Waals surface area contributed by atoms with Gasteiger partial charge in [-0.05, 0) is 59.2 Å². The largest absolute Gasteiger partial charge is 0.507 e. The Hall–Kier alpha value is -0.960. The molecule has 0 aromatic heterocycles. The topological polar surface area (TPSA) is 86.6 Å². The lowest BCUT2D eigenvalue weighted by Crippen LogP contribution is -2.41. The van der Waals surface area contributed by atoms with Crippen LogP contribution >= 0.6 is 34.4 Å². The van der Waals surface area contributed by atoms with E-state index in [1.54, 1.807) is 6.07 Å². The molecule has 0 aliphatic carbocycles. The van der Waals surface area contributed by atoms with Gasteiger partial charge in [0.25, 0.3) is 5.91 Å². The van der Waals surface area contributed by atoms with Crippen LogP contribution in [0.1, 0.15) is 16.8 Å². The van der Waals surface area contributed by atoms with Gasteiger partial charge in [0.2, 0.25) is 0 Å². The van der Waals surface area contributed by atoms with Crippen LogP contribution in [0.3, 0.4) is 0 Å². The Kier molecular flexibility index (Phi) is 6.43. The molecule has 0 aliphatic rings. The lowest BCUT2D eigenvalue weighted by atomic mass is 10.1. The Morgan fingerprint density at radius 1 is 1.47 bits per heavy atom. The Bertz CT molecular complexity index is 481. The van der Waals surface area contributed by atoms with E-state index in [-0.39, 0.29) is 11.3 Å². The van der Waals surface area contributed by atoms with Crippen molar-refractivity contribution >= 4 is 46.2 Å². The van der Waals surface area contributed by atoms with E-state index in [9.17, 15) is 14.7 Å². The third-order valence-corrected chi connectivity index (χ3v) is 3.73. The summed E-state index contributed by atoms with van der Waals surface area (Å²) in [5.41, 5.74) is 0.0855. The third kappa shape index (κ3) is 4.90. The molecule has 1 amide bonds. The van der Waals surface area contributed by atoms with E-state index in [0.717, 1.165) is 3.57 Å². The first kappa shape index (κ1) is 16.1. The second-order valence-electron chi connectivity index (χ2n) is 3.81. The highest BCUT2D eigenvalue weighted by atomic mass is 127. The number of benzene rings is 1. The number of aromatic hydroxyl groups is 1. The molecule has 104 valence electrons. The average Bonchev–Trinajstić information content (AvgIpc) is 2.36. The number of phenols is 1. The highest BCUT2D eigenvalue weighted by Gasteiger charge is 2.21. The van der Waals surface area contributed by atoms with Crippen LogP contribution < -0.4 is 5.32 Å². The molecule has 1 aromatic carbocycles. The van der Waals surface area contributed by atoms with Gasteiger partial charge in [-0.25, -0.2) is 4.79 Å². The van der Waals surface area contributed by atoms with Gasteiger partial charge in [-0.1, -0.05) is 0 Å². The van der Waals surface area contributed by atoms with Crippen molar-refractivity contribution in [3.8, 4) is 5.75 Å². The zero-order valence-electron chi connectivity index (χ0n) is 10.2. The number of carbonyl (C=O) groups excluding carboxylic acids is 1. The van der Waals surface area contributed by atoms with Crippen molar-refractivity contribution in [2.45, 2.75) is 12.5 Å². The molecule has 0 bridgehead atoms. The maximum absolute atomic E-state index is 12.0. The lowest BCUT2D eigenvalue weighted by Gasteiger charge is -2.14. The molecule has 19 heavy (non-hydrogen) atoms. The number of thioether (sulfide) groups is 1. The van der Waals surface area contributed by atoms with Gasteiger partial charge in [0.1, 0.15) is 11.8 Å². The number of rotatable bonds is 6. The third-order valence-electron chi connectivity index (χ3n) is 2.42. The first-order valence-electron chi connectivity index (χ1n) is 5.46. The molecule has 0 saturated carbocycles. The predicted octanol–water partition coefficient (Wildman–Crippen LogP) is 1.93. The summed E-state index contributed by atoms with van der Waals surface area (Å²) < 4.78 is 0.788. The fourth-order valence-corrected chi connectivity index (χ4v) is 2.38. The van der Waals surface area contributed by atoms with Crippen LogP contribution in [0.25, 0.3) is 0 Å². The van der Waals surface area contributed by atoms with Gasteiger partial charge < -0.3 is 15.5 Å². The number of carbonyl (C=O) groups is 2. The van der Waals surface area contributed by atoms with Gasteiger partial charge in [-0.15, -0.1) is 0 Å². The number of aliphatic carboxylic acids is 1. The second kappa shape index (κ2) is 7.59. The molecular formula is C12H14INO4S. The molecule has 0 radical (unpaired) electrons. The zero-order chi connectivity index (χ0) is 14.4. The smallest absolute Gasteiger partial charge is 0.326 e. The van der Waals surface area contributed by atoms with Gasteiger partial charge in [-0.3, -0.25) is 4.79 Å². The molecule has 5 nitrogen and oxygen atoms in total. The summed E-state index contributed by atoms with van der Waals surface area (Å²) in [6, 6.07) is 3.64. The molecular weight excluding hydrogens is 381 g/mol. The molecule has 0 spiro atoms. The van der Waals surface area contributed by atoms with Crippen LogP contribution in [0.5, 0.6) is 5.75 Å². The Morgan fingerprint density at radius 2 is 2.16 bits per heavy atom. The van der Waals surface area contributed by atoms with Gasteiger partial charge in [0, 0.05) is 3.57 Å². The van der Waals surface area contributed by atoms with Crippen molar-refractivity contribution in [2.24, 2.45) is 0 Å². The standard InChI is InChI=1S/C12H14INO4S/c1-19-5-4-9(12(17)18)14-11(16)8-6-7(13)2-3-10(8)15/h2-3,6,9,15H,4-5H2,1H3,(H,14,16)(H,17,18). The van der Waals surface area contributed by atoms with Gasteiger partial charge in [0.15, 0.2) is 0 Å². The van der Waals surface area contributed by atoms with Crippen LogP contribution in [-0.4, -0.2) is 40.1 Å². The molecule has 1 unspecified atom stereocenters. The summed E-state index contributed by atoms with van der Waals surface area (Å²) >= 11 is 3.53. The van der Waals surface area contributed by atoms with Gasteiger partial charge in [-0.2, -0.15) is 11.8 Å². The molecule has 0 heterocycles. The number of halogens is 1. The molecule has 3 N–H and O–H groups in total. The minimum Gasteiger partial charge on any atom is -0.507 e. The fraction of sp³-hybridized carbons (Fsp3) is 0.333. The second-order valence-corrected chi connectivity index (χ2v) is 6.04. The van der Waals surface area contributed by atoms with E-state index >= 15 is 0 Å². The molecule has 0 aliphatic heterocycles. The maximum Gasteiger partial charge on any atom is 0.326 e. The molecule has 0 saturated heterocycles. The van der Waals surface area contributed by atoms with Crippen LogP contribution in [0, 0.1) is 3.57 Å². The Balaban J connectivity index is 2.81. The molecule has 7 heteroatoms. The van der Waals surface area contributed by atoms with Crippen molar-refractivity contribution in [3.63, 3.8) is 0 Å². The average molecular weight is 395 g/mol. The number of hydrogen-bond donors (Lipinski definition) is 3. The number of carboxylic acids is 1. The monoisotopic (exact) mass is 395 g/mol. The number of amides is 1. The summed E-state index contributed by atoms with van der Waals surface area (Å²) in [5.74, 6) is -1.18. The van der Waals surface area contributed by atoms with Crippen LogP contribution in [0.15, 0.2) is 18.2 Å². The highest BCUT2D eigenvalue weighted by Crippen LogP contribution is 2.19. The summed E-state index contributed by atoms with van der Waals surface area (Å²) in [6.07, 6.45) is 2.21. The number of nitrogens with one attached hydrogen (secondary N) is 1. The summed E-state index contributed by atoms with van der Waals surface area (Å²) in [7, 11) is 0. The first-order chi connectivity index (χ1) is 8.95. The zero-order valence-corrected chi connectivity index (χ0v) is 13.2. The fourth-order valence-electron chi connectivity index (χ4n) is 1.42. The van der Waals surface area contributed by atoms with E-state index < -0.39 is 17.9 Å². The molecule has 1 aromatic rings. The van der Waals surface area contributed by atoms with Crippen LogP contribution in [0.2, 0.25) is 0 Å². The summed E-state index contributed by atoms with van der Waals surface area (Å²) in [6.45, 7) is 0. The van der Waals surface area contributed by atoms with Crippen molar-refractivity contribution in [3.05, 3.63) is 27.3 Å². The molecule has 1 atom stereocenters. The Morgan fingerprint density at radius 3 is 2.74 bits per heavy atom. The minimum atomic E-state index is -1.08. The quantitative estimate of drug-likeness (QED) is 0.641. The van der Waals surface area contributed by atoms with E-state index in [1.807, 2.05) is 28.8 Å². The van der Waals surface area contributed by atoms with E-state index in [0.29, 0.717) is 12.2 Å².